The van der Waals surface area contributed by atoms with E-state index in [-0.39, 0.29) is 17.5 Å². The van der Waals surface area contributed by atoms with E-state index in [2.05, 4.69) is 9.84 Å². The standard InChI is InChI=1S/C14H15N3O5/c1-21-14(18)9-6-11-10(12(7-9)17(19)20)8-15-16(11)13-4-2-3-5-22-13/h6-8,13H,2-5H2,1H3. The number of nitro benzene ring substituents is 1. The lowest BCUT2D eigenvalue weighted by Crippen LogP contribution is -2.19. The Bertz CT molecular complexity index is 733. The van der Waals surface area contributed by atoms with Gasteiger partial charge in [-0.3, -0.25) is 10.1 Å². The second kappa shape index (κ2) is 5.72. The van der Waals surface area contributed by atoms with E-state index in [1.54, 1.807) is 10.7 Å². The van der Waals surface area contributed by atoms with Crippen LogP contribution in [0.5, 0.6) is 0 Å². The maximum atomic E-state index is 11.7. The van der Waals surface area contributed by atoms with E-state index in [1.165, 1.54) is 19.4 Å². The van der Waals surface area contributed by atoms with Crippen LogP contribution in [0, 0.1) is 10.1 Å². The molecule has 0 N–H and O–H groups in total. The predicted octanol–water partition coefficient (Wildman–Crippen LogP) is 2.43. The van der Waals surface area contributed by atoms with E-state index in [1.807, 2.05) is 0 Å². The minimum absolute atomic E-state index is 0.124. The molecule has 22 heavy (non-hydrogen) atoms. The number of carbonyl (C=O) groups excluding carboxylic acids is 1. The van der Waals surface area contributed by atoms with Crippen LogP contribution in [-0.2, 0) is 9.47 Å². The Morgan fingerprint density at radius 2 is 2.32 bits per heavy atom. The summed E-state index contributed by atoms with van der Waals surface area (Å²) in [4.78, 5) is 22.5. The molecule has 1 atom stereocenters. The Kier molecular flexibility index (Phi) is 3.76. The van der Waals surface area contributed by atoms with Gasteiger partial charge in [0.05, 0.1) is 34.7 Å². The first kappa shape index (κ1) is 14.5. The third-order valence-corrected chi connectivity index (χ3v) is 3.74. The zero-order valence-corrected chi connectivity index (χ0v) is 12.0. The lowest BCUT2D eigenvalue weighted by molar-refractivity contribution is -0.383. The molecule has 1 aliphatic rings. The molecule has 2 heterocycles. The van der Waals surface area contributed by atoms with E-state index >= 15 is 0 Å². The number of esters is 1. The molecular formula is C14H15N3O5. The van der Waals surface area contributed by atoms with Crippen LogP contribution in [0.3, 0.4) is 0 Å². The van der Waals surface area contributed by atoms with Gasteiger partial charge in [-0.1, -0.05) is 0 Å². The lowest BCUT2D eigenvalue weighted by atomic mass is 10.1. The number of hydrogen-bond donors (Lipinski definition) is 0. The summed E-state index contributed by atoms with van der Waals surface area (Å²) in [6, 6.07) is 2.76. The Balaban J connectivity index is 2.17. The van der Waals surface area contributed by atoms with E-state index in [0.29, 0.717) is 17.5 Å². The minimum atomic E-state index is -0.623. The van der Waals surface area contributed by atoms with Crippen LogP contribution in [-0.4, -0.2) is 34.4 Å². The van der Waals surface area contributed by atoms with Crippen molar-refractivity contribution >= 4 is 22.6 Å². The molecule has 3 rings (SSSR count). The van der Waals surface area contributed by atoms with Gasteiger partial charge in [-0.2, -0.15) is 5.10 Å². The number of benzene rings is 1. The number of carbonyl (C=O) groups is 1. The Labute approximate surface area is 125 Å². The molecule has 1 aromatic carbocycles. The highest BCUT2D eigenvalue weighted by atomic mass is 16.6. The highest BCUT2D eigenvalue weighted by Gasteiger charge is 2.24. The molecule has 1 aromatic heterocycles. The molecule has 0 aliphatic carbocycles. The van der Waals surface area contributed by atoms with Crippen LogP contribution in [0.1, 0.15) is 35.8 Å². The van der Waals surface area contributed by atoms with Gasteiger partial charge in [0.25, 0.3) is 5.69 Å². The molecule has 1 aliphatic heterocycles. The maximum Gasteiger partial charge on any atom is 0.338 e. The number of rotatable bonds is 3. The molecule has 8 heteroatoms. The van der Waals surface area contributed by atoms with E-state index in [0.717, 1.165) is 19.3 Å². The number of aromatic nitrogens is 2. The van der Waals surface area contributed by atoms with E-state index < -0.39 is 10.9 Å². The van der Waals surface area contributed by atoms with Gasteiger partial charge in [0.1, 0.15) is 0 Å². The summed E-state index contributed by atoms with van der Waals surface area (Å²) >= 11 is 0. The van der Waals surface area contributed by atoms with Gasteiger partial charge in [0, 0.05) is 12.7 Å². The normalized spacial score (nSPS) is 18.3. The second-order valence-corrected chi connectivity index (χ2v) is 5.09. The number of ether oxygens (including phenoxy) is 2. The highest BCUT2D eigenvalue weighted by Crippen LogP contribution is 2.32. The molecule has 0 saturated carbocycles. The third-order valence-electron chi connectivity index (χ3n) is 3.74. The van der Waals surface area contributed by atoms with Crippen molar-refractivity contribution in [2.75, 3.05) is 13.7 Å². The summed E-state index contributed by atoms with van der Waals surface area (Å²) in [6.07, 6.45) is 3.95. The molecule has 0 bridgehead atoms. The van der Waals surface area contributed by atoms with Crippen LogP contribution >= 0.6 is 0 Å². The first-order chi connectivity index (χ1) is 10.6. The van der Waals surface area contributed by atoms with Crippen molar-refractivity contribution in [3.05, 3.63) is 34.0 Å². The quantitative estimate of drug-likeness (QED) is 0.491. The average Bonchev–Trinajstić information content (AvgIpc) is 2.97. The van der Waals surface area contributed by atoms with Crippen LogP contribution in [0.25, 0.3) is 10.9 Å². The molecule has 8 nitrogen and oxygen atoms in total. The van der Waals surface area contributed by atoms with Gasteiger partial charge in [-0.15, -0.1) is 0 Å². The zero-order chi connectivity index (χ0) is 15.7. The van der Waals surface area contributed by atoms with Crippen molar-refractivity contribution in [1.82, 2.24) is 9.78 Å². The summed E-state index contributed by atoms with van der Waals surface area (Å²) in [5.41, 5.74) is 0.459. The van der Waals surface area contributed by atoms with Gasteiger partial charge in [-0.05, 0) is 25.3 Å². The minimum Gasteiger partial charge on any atom is -0.465 e. The Morgan fingerprint density at radius 1 is 1.50 bits per heavy atom. The highest BCUT2D eigenvalue weighted by molar-refractivity contribution is 5.98. The fourth-order valence-electron chi connectivity index (χ4n) is 2.66. The smallest absolute Gasteiger partial charge is 0.338 e. The number of fused-ring (bicyclic) bond motifs is 1. The lowest BCUT2D eigenvalue weighted by Gasteiger charge is -2.23. The van der Waals surface area contributed by atoms with E-state index in [9.17, 15) is 14.9 Å². The van der Waals surface area contributed by atoms with Gasteiger partial charge >= 0.3 is 5.97 Å². The van der Waals surface area contributed by atoms with Crippen molar-refractivity contribution in [1.29, 1.82) is 0 Å². The SMILES string of the molecule is COC(=O)c1cc([N+](=O)[O-])c2cnn(C3CCCCO3)c2c1. The van der Waals surface area contributed by atoms with Crippen molar-refractivity contribution < 1.29 is 19.2 Å². The summed E-state index contributed by atoms with van der Waals surface area (Å²) in [5.74, 6) is -0.623. The van der Waals surface area contributed by atoms with Crippen molar-refractivity contribution in [2.24, 2.45) is 0 Å². The fraction of sp³-hybridized carbons (Fsp3) is 0.429. The van der Waals surface area contributed by atoms with Gasteiger partial charge in [0.15, 0.2) is 6.23 Å². The molecule has 2 aromatic rings. The summed E-state index contributed by atoms with van der Waals surface area (Å²) in [7, 11) is 1.24. The first-order valence-electron chi connectivity index (χ1n) is 6.97. The fourth-order valence-corrected chi connectivity index (χ4v) is 2.66. The topological polar surface area (TPSA) is 96.5 Å². The second-order valence-electron chi connectivity index (χ2n) is 5.09. The summed E-state index contributed by atoms with van der Waals surface area (Å²) < 4.78 is 11.9. The Hall–Kier alpha value is -2.48. The molecule has 116 valence electrons. The largest absolute Gasteiger partial charge is 0.465 e. The van der Waals surface area contributed by atoms with Crippen molar-refractivity contribution in [3.8, 4) is 0 Å². The third kappa shape index (κ3) is 2.41. The average molecular weight is 305 g/mol. The van der Waals surface area contributed by atoms with Gasteiger partial charge in [0.2, 0.25) is 0 Å². The van der Waals surface area contributed by atoms with Crippen LogP contribution in [0.15, 0.2) is 18.3 Å². The van der Waals surface area contributed by atoms with Crippen molar-refractivity contribution in [3.63, 3.8) is 0 Å². The molecule has 1 unspecified atom stereocenters. The first-order valence-corrected chi connectivity index (χ1v) is 6.97. The van der Waals surface area contributed by atoms with Crippen molar-refractivity contribution in [2.45, 2.75) is 25.5 Å². The molecule has 0 spiro atoms. The van der Waals surface area contributed by atoms with Gasteiger partial charge < -0.3 is 9.47 Å². The molecule has 0 radical (unpaired) electrons. The molecular weight excluding hydrogens is 290 g/mol. The molecule has 1 fully saturated rings. The van der Waals surface area contributed by atoms with Crippen LogP contribution in [0.4, 0.5) is 5.69 Å². The number of non-ortho nitro benzene ring substituents is 1. The predicted molar refractivity (Wildman–Crippen MR) is 76.6 cm³/mol. The van der Waals surface area contributed by atoms with Crippen LogP contribution in [0.2, 0.25) is 0 Å². The Morgan fingerprint density at radius 3 is 2.95 bits per heavy atom. The maximum absolute atomic E-state index is 11.7. The summed E-state index contributed by atoms with van der Waals surface area (Å²) in [5, 5.41) is 15.9. The number of methoxy groups -OCH3 is 1. The zero-order valence-electron chi connectivity index (χ0n) is 12.0. The summed E-state index contributed by atoms with van der Waals surface area (Å²) in [6.45, 7) is 0.630. The number of nitrogens with zero attached hydrogens (tertiary/aromatic N) is 3. The monoisotopic (exact) mass is 305 g/mol. The van der Waals surface area contributed by atoms with Gasteiger partial charge in [-0.25, -0.2) is 9.48 Å². The van der Waals surface area contributed by atoms with E-state index in [4.69, 9.17) is 4.74 Å². The number of nitro groups is 1. The molecule has 0 amide bonds. The number of hydrogen-bond acceptors (Lipinski definition) is 6. The van der Waals surface area contributed by atoms with Crippen LogP contribution < -0.4 is 0 Å². The molecule has 1 saturated heterocycles.